The number of rotatable bonds is 4. The Balaban J connectivity index is 1.61. The number of carbonyl (C=O) groups is 2. The lowest BCUT2D eigenvalue weighted by atomic mass is 9.92. The van der Waals surface area contributed by atoms with E-state index in [1.807, 2.05) is 66.3 Å². The molecule has 0 radical (unpaired) electrons. The second-order valence-corrected chi connectivity index (χ2v) is 10.5. The highest BCUT2D eigenvalue weighted by atomic mass is 35.5. The van der Waals surface area contributed by atoms with E-state index < -0.39 is 17.9 Å². The van der Waals surface area contributed by atoms with Gasteiger partial charge < -0.3 is 14.4 Å². The van der Waals surface area contributed by atoms with E-state index in [-0.39, 0.29) is 18.2 Å². The van der Waals surface area contributed by atoms with Crippen molar-refractivity contribution in [3.8, 4) is 0 Å². The summed E-state index contributed by atoms with van der Waals surface area (Å²) in [5.41, 5.74) is 3.95. The molecule has 2 atom stereocenters. The second-order valence-electron chi connectivity index (χ2n) is 10.1. The number of amides is 2. The summed E-state index contributed by atoms with van der Waals surface area (Å²) in [6.45, 7) is 0. The van der Waals surface area contributed by atoms with E-state index in [0.717, 1.165) is 16.5 Å². The summed E-state index contributed by atoms with van der Waals surface area (Å²) in [5.74, 6) is -1.08. The molecule has 0 bridgehead atoms. The van der Waals surface area contributed by atoms with E-state index in [1.54, 1.807) is 59.3 Å². The fourth-order valence-corrected chi connectivity index (χ4v) is 5.94. The molecule has 4 aromatic carbocycles. The predicted octanol–water partition coefficient (Wildman–Crippen LogP) is 6.79. The minimum Gasteiger partial charge on any atom is -0.350 e. The van der Waals surface area contributed by atoms with Crippen molar-refractivity contribution in [2.24, 2.45) is 7.05 Å². The van der Waals surface area contributed by atoms with Gasteiger partial charge in [0.1, 0.15) is 11.9 Å². The first kappa shape index (κ1) is 25.8. The maximum atomic E-state index is 15.6. The molecule has 2 unspecified atom stereocenters. The Labute approximate surface area is 237 Å². The molecular formula is C33H27ClFN3O2. The highest BCUT2D eigenvalue weighted by molar-refractivity contribution is 6.30. The van der Waals surface area contributed by atoms with Gasteiger partial charge in [-0.25, -0.2) is 4.39 Å². The summed E-state index contributed by atoms with van der Waals surface area (Å²) < 4.78 is 17.6. The van der Waals surface area contributed by atoms with Crippen molar-refractivity contribution in [1.82, 2.24) is 9.47 Å². The Morgan fingerprint density at radius 3 is 2.25 bits per heavy atom. The third-order valence-electron chi connectivity index (χ3n) is 7.74. The molecule has 0 spiro atoms. The summed E-state index contributed by atoms with van der Waals surface area (Å²) in [5, 5.41) is 1.50. The molecule has 1 aliphatic heterocycles. The first-order valence-corrected chi connectivity index (χ1v) is 13.4. The van der Waals surface area contributed by atoms with Crippen LogP contribution in [0, 0.1) is 5.82 Å². The number of aryl methyl sites for hydroxylation is 1. The van der Waals surface area contributed by atoms with Gasteiger partial charge in [0.2, 0.25) is 5.91 Å². The molecule has 0 N–H and O–H groups in total. The molecule has 0 aliphatic carbocycles. The number of carbonyl (C=O) groups excluding carboxylic acids is 2. The third kappa shape index (κ3) is 4.34. The Kier molecular flexibility index (Phi) is 6.64. The molecule has 5 aromatic rings. The Morgan fingerprint density at radius 1 is 0.850 bits per heavy atom. The molecule has 7 heteroatoms. The van der Waals surface area contributed by atoms with Crippen molar-refractivity contribution in [1.29, 1.82) is 0 Å². The molecule has 0 saturated heterocycles. The Bertz CT molecular complexity index is 1750. The third-order valence-corrected chi connectivity index (χ3v) is 7.99. The molecule has 5 nitrogen and oxygen atoms in total. The summed E-state index contributed by atoms with van der Waals surface area (Å²) >= 11 is 6.14. The molecular weight excluding hydrogens is 525 g/mol. The molecule has 2 amide bonds. The summed E-state index contributed by atoms with van der Waals surface area (Å²) in [4.78, 5) is 32.0. The maximum absolute atomic E-state index is 15.6. The fourth-order valence-electron chi connectivity index (χ4n) is 5.81. The first-order valence-electron chi connectivity index (χ1n) is 13.1. The monoisotopic (exact) mass is 551 g/mol. The molecule has 6 rings (SSSR count). The predicted molar refractivity (Wildman–Crippen MR) is 156 cm³/mol. The van der Waals surface area contributed by atoms with Gasteiger partial charge in [-0.3, -0.25) is 9.59 Å². The number of aromatic nitrogens is 1. The van der Waals surface area contributed by atoms with Crippen LogP contribution in [-0.4, -0.2) is 34.4 Å². The van der Waals surface area contributed by atoms with Crippen molar-refractivity contribution in [3.05, 3.63) is 136 Å². The van der Waals surface area contributed by atoms with Crippen LogP contribution in [0.4, 0.5) is 10.1 Å². The lowest BCUT2D eigenvalue weighted by Crippen LogP contribution is -2.50. The number of para-hydroxylation sites is 2. The van der Waals surface area contributed by atoms with Gasteiger partial charge in [-0.2, -0.15) is 0 Å². The normalized spacial score (nSPS) is 17.1. The summed E-state index contributed by atoms with van der Waals surface area (Å²) in [6, 6.07) is 26.6. The zero-order chi connectivity index (χ0) is 28.0. The second kappa shape index (κ2) is 10.3. The zero-order valence-electron chi connectivity index (χ0n) is 22.1. The van der Waals surface area contributed by atoms with Gasteiger partial charge in [0.05, 0.1) is 6.04 Å². The highest BCUT2D eigenvalue weighted by Crippen LogP contribution is 2.42. The van der Waals surface area contributed by atoms with E-state index >= 15 is 4.39 Å². The number of hydrogen-bond donors (Lipinski definition) is 0. The van der Waals surface area contributed by atoms with E-state index in [0.29, 0.717) is 27.4 Å². The van der Waals surface area contributed by atoms with Gasteiger partial charge in [-0.15, -0.1) is 0 Å². The van der Waals surface area contributed by atoms with Crippen molar-refractivity contribution in [3.63, 3.8) is 0 Å². The van der Waals surface area contributed by atoms with Crippen LogP contribution in [0.5, 0.6) is 0 Å². The van der Waals surface area contributed by atoms with Crippen LogP contribution in [-0.2, 0) is 18.3 Å². The number of halogens is 2. The highest BCUT2D eigenvalue weighted by Gasteiger charge is 2.44. The smallest absolute Gasteiger partial charge is 0.255 e. The van der Waals surface area contributed by atoms with Crippen LogP contribution in [0.1, 0.15) is 33.1 Å². The number of benzene rings is 4. The standard InChI is InChI=1S/C33H27ClFN3O2/c1-36-20-22(24-9-4-7-13-28(24)36)19-30-33(40)37(2)29-14-8-5-11-26(29)31(25-10-3-6-12-27(25)35)38(30)32(39)21-15-17-23(34)18-16-21/h3-18,20,30-31H,19H2,1-2H3. The van der Waals surface area contributed by atoms with Crippen LogP contribution in [0.3, 0.4) is 0 Å². The van der Waals surface area contributed by atoms with Crippen LogP contribution >= 0.6 is 11.6 Å². The Morgan fingerprint density at radius 2 is 1.50 bits per heavy atom. The van der Waals surface area contributed by atoms with Gasteiger partial charge in [-0.05, 0) is 48.0 Å². The number of hydrogen-bond acceptors (Lipinski definition) is 2. The van der Waals surface area contributed by atoms with Crippen LogP contribution in [0.2, 0.25) is 5.02 Å². The topological polar surface area (TPSA) is 45.6 Å². The van der Waals surface area contributed by atoms with Crippen LogP contribution in [0.15, 0.2) is 103 Å². The van der Waals surface area contributed by atoms with Crippen LogP contribution < -0.4 is 4.90 Å². The quantitative estimate of drug-likeness (QED) is 0.247. The fraction of sp³-hybridized carbons (Fsp3) is 0.152. The van der Waals surface area contributed by atoms with Gasteiger partial charge in [0.25, 0.3) is 5.91 Å². The first-order chi connectivity index (χ1) is 19.3. The van der Waals surface area contributed by atoms with Crippen molar-refractivity contribution in [2.75, 3.05) is 11.9 Å². The number of fused-ring (bicyclic) bond motifs is 2. The van der Waals surface area contributed by atoms with Gasteiger partial charge in [0, 0.05) is 65.0 Å². The number of nitrogens with zero attached hydrogens (tertiary/aromatic N) is 3. The average molecular weight is 552 g/mol. The Hall–Kier alpha value is -4.42. The molecule has 2 heterocycles. The molecule has 200 valence electrons. The lowest BCUT2D eigenvalue weighted by Gasteiger charge is -2.36. The number of anilines is 1. The van der Waals surface area contributed by atoms with Gasteiger partial charge >= 0.3 is 0 Å². The average Bonchev–Trinajstić information content (AvgIpc) is 3.25. The van der Waals surface area contributed by atoms with Gasteiger partial charge in [0.15, 0.2) is 0 Å². The van der Waals surface area contributed by atoms with Crippen molar-refractivity contribution in [2.45, 2.75) is 18.5 Å². The van der Waals surface area contributed by atoms with E-state index in [2.05, 4.69) is 0 Å². The van der Waals surface area contributed by atoms with E-state index in [4.69, 9.17) is 11.6 Å². The summed E-state index contributed by atoms with van der Waals surface area (Å²) in [7, 11) is 3.67. The van der Waals surface area contributed by atoms with Crippen LogP contribution in [0.25, 0.3) is 10.9 Å². The largest absolute Gasteiger partial charge is 0.350 e. The molecule has 0 fully saturated rings. The van der Waals surface area contributed by atoms with Crippen molar-refractivity contribution >= 4 is 40.0 Å². The van der Waals surface area contributed by atoms with Crippen molar-refractivity contribution < 1.29 is 14.0 Å². The zero-order valence-corrected chi connectivity index (χ0v) is 22.8. The molecule has 1 aliphatic rings. The van der Waals surface area contributed by atoms with E-state index in [9.17, 15) is 9.59 Å². The molecule has 40 heavy (non-hydrogen) atoms. The number of likely N-dealkylation sites (N-methyl/N-ethyl adjacent to an activating group) is 1. The van der Waals surface area contributed by atoms with Gasteiger partial charge in [-0.1, -0.05) is 66.2 Å². The minimum absolute atomic E-state index is 0.249. The lowest BCUT2D eigenvalue weighted by molar-refractivity contribution is -0.123. The SMILES string of the molecule is CN1C(=O)C(Cc2cn(C)c3ccccc23)N(C(=O)c2ccc(Cl)cc2)C(c2ccccc2F)c2ccccc21. The maximum Gasteiger partial charge on any atom is 0.255 e. The minimum atomic E-state index is -0.920. The summed E-state index contributed by atoms with van der Waals surface area (Å²) in [6.07, 6.45) is 2.25. The molecule has 0 saturated carbocycles. The van der Waals surface area contributed by atoms with E-state index in [1.165, 1.54) is 6.07 Å². The molecule has 1 aromatic heterocycles.